The standard InChI is InChI=1S/C25H27ClN4O3/c1-14-15(8-10-19(31)22-29-24(33-30-22)25(2,3)4)7-9-18(21(14)26)17-11-12-27-20(13-17)28-23(32)16-5-6-16/h7,9,11-13,16H,5-6,8,10H2,1-4H3,(H,27,28,32). The minimum atomic E-state index is -0.307. The Bertz CT molecular complexity index is 1210. The van der Waals surface area contributed by atoms with Crippen LogP contribution in [0.2, 0.25) is 5.02 Å². The van der Waals surface area contributed by atoms with Gasteiger partial charge in [0, 0.05) is 29.5 Å². The van der Waals surface area contributed by atoms with Crippen LogP contribution in [0.5, 0.6) is 0 Å². The number of carbonyl (C=O) groups is 2. The summed E-state index contributed by atoms with van der Waals surface area (Å²) < 4.78 is 5.23. The Kier molecular flexibility index (Phi) is 6.34. The van der Waals surface area contributed by atoms with Gasteiger partial charge in [-0.3, -0.25) is 9.59 Å². The summed E-state index contributed by atoms with van der Waals surface area (Å²) in [5.74, 6) is 1.02. The van der Waals surface area contributed by atoms with Gasteiger partial charge in [0.1, 0.15) is 5.82 Å². The molecule has 1 aliphatic rings. The summed E-state index contributed by atoms with van der Waals surface area (Å²) in [7, 11) is 0. The molecule has 1 saturated carbocycles. The first-order valence-corrected chi connectivity index (χ1v) is 11.4. The largest absolute Gasteiger partial charge is 0.338 e. The molecule has 0 radical (unpaired) electrons. The maximum atomic E-state index is 12.6. The molecule has 3 aromatic rings. The van der Waals surface area contributed by atoms with Crippen molar-refractivity contribution in [2.75, 3.05) is 5.32 Å². The van der Waals surface area contributed by atoms with Gasteiger partial charge in [0.2, 0.25) is 23.4 Å². The predicted octanol–water partition coefficient (Wildman–Crippen LogP) is 5.55. The molecular formula is C25H27ClN4O3. The minimum absolute atomic E-state index is 0.0122. The van der Waals surface area contributed by atoms with Gasteiger partial charge in [0.25, 0.3) is 0 Å². The van der Waals surface area contributed by atoms with Gasteiger partial charge in [0.15, 0.2) is 0 Å². The van der Waals surface area contributed by atoms with E-state index in [9.17, 15) is 9.59 Å². The summed E-state index contributed by atoms with van der Waals surface area (Å²) >= 11 is 6.70. The maximum Gasteiger partial charge on any atom is 0.238 e. The van der Waals surface area contributed by atoms with Gasteiger partial charge in [-0.2, -0.15) is 4.98 Å². The Morgan fingerprint density at radius 2 is 1.97 bits per heavy atom. The van der Waals surface area contributed by atoms with Crippen LogP contribution in [-0.2, 0) is 16.6 Å². The van der Waals surface area contributed by atoms with Crippen LogP contribution >= 0.6 is 11.6 Å². The number of hydrogen-bond donors (Lipinski definition) is 1. The first-order chi connectivity index (χ1) is 15.6. The normalized spacial score (nSPS) is 13.7. The summed E-state index contributed by atoms with van der Waals surface area (Å²) in [5, 5.41) is 7.31. The summed E-state index contributed by atoms with van der Waals surface area (Å²) in [4.78, 5) is 33.1. The van der Waals surface area contributed by atoms with E-state index in [0.29, 0.717) is 23.2 Å². The van der Waals surface area contributed by atoms with Gasteiger partial charge < -0.3 is 9.84 Å². The van der Waals surface area contributed by atoms with E-state index in [1.54, 1.807) is 6.20 Å². The number of halogens is 1. The number of amides is 1. The van der Waals surface area contributed by atoms with Crippen molar-refractivity contribution in [3.63, 3.8) is 0 Å². The molecule has 2 aromatic heterocycles. The average molecular weight is 467 g/mol. The van der Waals surface area contributed by atoms with E-state index >= 15 is 0 Å². The lowest BCUT2D eigenvalue weighted by Crippen LogP contribution is -2.14. The quantitative estimate of drug-likeness (QED) is 0.458. The Labute approximate surface area is 197 Å². The topological polar surface area (TPSA) is 98.0 Å². The monoisotopic (exact) mass is 466 g/mol. The molecule has 172 valence electrons. The summed E-state index contributed by atoms with van der Waals surface area (Å²) in [6.07, 6.45) is 4.30. The second-order valence-electron chi connectivity index (χ2n) is 9.50. The lowest BCUT2D eigenvalue weighted by Gasteiger charge is -2.13. The number of benzene rings is 1. The minimum Gasteiger partial charge on any atom is -0.338 e. The number of hydrogen-bond acceptors (Lipinski definition) is 6. The molecule has 7 nitrogen and oxygen atoms in total. The van der Waals surface area contributed by atoms with Gasteiger partial charge in [-0.05, 0) is 55.0 Å². The molecule has 8 heteroatoms. The zero-order valence-electron chi connectivity index (χ0n) is 19.2. The number of rotatable bonds is 7. The number of Topliss-reactive ketones (excluding diaryl/α,β-unsaturated/α-hetero) is 1. The van der Waals surface area contributed by atoms with E-state index in [1.807, 2.05) is 52.0 Å². The number of nitrogens with one attached hydrogen (secondary N) is 1. The van der Waals surface area contributed by atoms with Gasteiger partial charge in [-0.15, -0.1) is 0 Å². The van der Waals surface area contributed by atoms with Crippen LogP contribution in [0.4, 0.5) is 5.82 Å². The zero-order valence-corrected chi connectivity index (χ0v) is 20.0. The number of nitrogens with zero attached hydrogens (tertiary/aromatic N) is 3. The van der Waals surface area contributed by atoms with Crippen LogP contribution in [0.25, 0.3) is 11.1 Å². The molecule has 2 heterocycles. The van der Waals surface area contributed by atoms with Crippen LogP contribution in [0.15, 0.2) is 35.0 Å². The predicted molar refractivity (Wildman–Crippen MR) is 126 cm³/mol. The van der Waals surface area contributed by atoms with Crippen molar-refractivity contribution >= 4 is 29.1 Å². The van der Waals surface area contributed by atoms with Crippen LogP contribution in [-0.4, -0.2) is 26.8 Å². The van der Waals surface area contributed by atoms with Gasteiger partial charge >= 0.3 is 0 Å². The van der Waals surface area contributed by atoms with Crippen molar-refractivity contribution in [3.05, 3.63) is 58.3 Å². The SMILES string of the molecule is Cc1c(CCC(=O)c2noc(C(C)(C)C)n2)ccc(-c2ccnc(NC(=O)C3CC3)c2)c1Cl. The van der Waals surface area contributed by atoms with Crippen LogP contribution in [0, 0.1) is 12.8 Å². The Morgan fingerprint density at radius 3 is 2.64 bits per heavy atom. The third kappa shape index (κ3) is 5.30. The van der Waals surface area contributed by atoms with Crippen LogP contribution in [0.1, 0.15) is 67.7 Å². The Hall–Kier alpha value is -3.06. The fourth-order valence-electron chi connectivity index (χ4n) is 3.46. The fourth-order valence-corrected chi connectivity index (χ4v) is 3.75. The Balaban J connectivity index is 1.47. The fraction of sp³-hybridized carbons (Fsp3) is 0.400. The molecule has 0 bridgehead atoms. The van der Waals surface area contributed by atoms with E-state index in [2.05, 4.69) is 20.4 Å². The molecule has 33 heavy (non-hydrogen) atoms. The third-order valence-electron chi connectivity index (χ3n) is 5.71. The Morgan fingerprint density at radius 1 is 1.21 bits per heavy atom. The highest BCUT2D eigenvalue weighted by Gasteiger charge is 2.30. The number of carbonyl (C=O) groups excluding carboxylic acids is 2. The highest BCUT2D eigenvalue weighted by atomic mass is 35.5. The first kappa shape index (κ1) is 23.1. The second kappa shape index (κ2) is 9.06. The molecule has 4 rings (SSSR count). The molecule has 0 atom stereocenters. The van der Waals surface area contributed by atoms with Crippen molar-refractivity contribution in [1.82, 2.24) is 15.1 Å². The van der Waals surface area contributed by atoms with E-state index in [4.69, 9.17) is 16.1 Å². The molecule has 1 amide bonds. The molecule has 0 spiro atoms. The average Bonchev–Trinajstić information content (AvgIpc) is 3.49. The third-order valence-corrected chi connectivity index (χ3v) is 6.19. The molecule has 1 fully saturated rings. The van der Waals surface area contributed by atoms with Crippen LogP contribution in [0.3, 0.4) is 0 Å². The zero-order chi connectivity index (χ0) is 23.8. The smallest absolute Gasteiger partial charge is 0.238 e. The lowest BCUT2D eigenvalue weighted by atomic mass is 9.96. The maximum absolute atomic E-state index is 12.6. The number of aryl methyl sites for hydroxylation is 1. The van der Waals surface area contributed by atoms with Gasteiger partial charge in [-0.1, -0.05) is 49.7 Å². The summed E-state index contributed by atoms with van der Waals surface area (Å²) in [6, 6.07) is 7.60. The number of ketones is 1. The number of anilines is 1. The number of aromatic nitrogens is 3. The first-order valence-electron chi connectivity index (χ1n) is 11.1. The van der Waals surface area contributed by atoms with Crippen molar-refractivity contribution in [1.29, 1.82) is 0 Å². The molecule has 0 unspecified atom stereocenters. The van der Waals surface area contributed by atoms with Gasteiger partial charge in [0.05, 0.1) is 5.02 Å². The number of pyridine rings is 1. The molecule has 1 aliphatic carbocycles. The van der Waals surface area contributed by atoms with E-state index < -0.39 is 0 Å². The van der Waals surface area contributed by atoms with Crippen molar-refractivity contribution in [2.24, 2.45) is 5.92 Å². The molecule has 0 saturated heterocycles. The van der Waals surface area contributed by atoms with Crippen molar-refractivity contribution in [3.8, 4) is 11.1 Å². The highest BCUT2D eigenvalue weighted by Crippen LogP contribution is 2.34. The van der Waals surface area contributed by atoms with E-state index in [1.165, 1.54) is 0 Å². The van der Waals surface area contributed by atoms with Crippen molar-refractivity contribution in [2.45, 2.75) is 58.8 Å². The van der Waals surface area contributed by atoms with Gasteiger partial charge in [-0.25, -0.2) is 4.98 Å². The molecule has 0 aliphatic heterocycles. The molecular weight excluding hydrogens is 440 g/mol. The highest BCUT2D eigenvalue weighted by molar-refractivity contribution is 6.34. The second-order valence-corrected chi connectivity index (χ2v) is 9.88. The van der Waals surface area contributed by atoms with Crippen LogP contribution < -0.4 is 5.32 Å². The molecule has 1 N–H and O–H groups in total. The van der Waals surface area contributed by atoms with E-state index in [-0.39, 0.29) is 35.3 Å². The van der Waals surface area contributed by atoms with E-state index in [0.717, 1.165) is 35.1 Å². The lowest BCUT2D eigenvalue weighted by molar-refractivity contribution is -0.117. The molecule has 1 aromatic carbocycles. The van der Waals surface area contributed by atoms with Crippen molar-refractivity contribution < 1.29 is 14.1 Å². The summed E-state index contributed by atoms with van der Waals surface area (Å²) in [5.41, 5.74) is 3.30. The summed E-state index contributed by atoms with van der Waals surface area (Å²) in [6.45, 7) is 7.80.